The second-order valence-electron chi connectivity index (χ2n) is 5.91. The standard InChI is InChI=1S/C13H17BrN4.C5H3N3/c14-11-9-17-12(8-15)18-13(11)16-7-6-10-4-2-1-3-5-10;6-4-5-7-2-1-3-8-5/h9-10H,1-7H2,(H,16,17,18);1-3H. The molecule has 1 N–H and O–H groups in total. The molecule has 2 aromatic rings. The third-order valence-electron chi connectivity index (χ3n) is 4.08. The van der Waals surface area contributed by atoms with E-state index in [1.807, 2.05) is 6.07 Å². The quantitative estimate of drug-likeness (QED) is 0.809. The van der Waals surface area contributed by atoms with Crippen molar-refractivity contribution in [1.29, 1.82) is 10.5 Å². The maximum Gasteiger partial charge on any atom is 0.234 e. The first kappa shape index (κ1) is 19.7. The Kier molecular flexibility index (Phi) is 8.44. The topological polar surface area (TPSA) is 111 Å². The van der Waals surface area contributed by atoms with Crippen molar-refractivity contribution in [3.05, 3.63) is 40.8 Å². The first-order valence-corrected chi connectivity index (χ1v) is 9.36. The van der Waals surface area contributed by atoms with Crippen LogP contribution in [-0.4, -0.2) is 26.5 Å². The van der Waals surface area contributed by atoms with Gasteiger partial charge in [0.25, 0.3) is 0 Å². The van der Waals surface area contributed by atoms with E-state index < -0.39 is 0 Å². The highest BCUT2D eigenvalue weighted by atomic mass is 79.9. The second kappa shape index (κ2) is 11.1. The SMILES string of the molecule is N#Cc1ncc(Br)c(NCCC2CCCCC2)n1.N#Cc1ncccn1. The maximum atomic E-state index is 8.76. The Morgan fingerprint density at radius 1 is 1.04 bits per heavy atom. The summed E-state index contributed by atoms with van der Waals surface area (Å²) in [6.07, 6.45) is 12.7. The van der Waals surface area contributed by atoms with E-state index >= 15 is 0 Å². The Labute approximate surface area is 161 Å². The molecule has 1 aliphatic rings. The van der Waals surface area contributed by atoms with Crippen LogP contribution < -0.4 is 5.32 Å². The fourth-order valence-corrected chi connectivity index (χ4v) is 3.10. The van der Waals surface area contributed by atoms with E-state index in [2.05, 4.69) is 41.2 Å². The molecule has 26 heavy (non-hydrogen) atoms. The van der Waals surface area contributed by atoms with E-state index in [1.54, 1.807) is 18.3 Å². The molecule has 2 heterocycles. The number of halogens is 1. The molecule has 0 amide bonds. The summed E-state index contributed by atoms with van der Waals surface area (Å²) in [5, 5.41) is 20.2. The first-order chi connectivity index (χ1) is 12.7. The molecule has 0 unspecified atom stereocenters. The number of aromatic nitrogens is 4. The highest BCUT2D eigenvalue weighted by Crippen LogP contribution is 2.26. The van der Waals surface area contributed by atoms with E-state index in [1.165, 1.54) is 50.9 Å². The maximum absolute atomic E-state index is 8.76. The summed E-state index contributed by atoms with van der Waals surface area (Å²) in [7, 11) is 0. The van der Waals surface area contributed by atoms with Gasteiger partial charge < -0.3 is 5.32 Å². The molecule has 8 heteroatoms. The van der Waals surface area contributed by atoms with E-state index in [0.29, 0.717) is 0 Å². The Morgan fingerprint density at radius 2 is 1.73 bits per heavy atom. The van der Waals surface area contributed by atoms with Gasteiger partial charge in [-0.15, -0.1) is 0 Å². The number of nitrogens with one attached hydrogen (secondary N) is 1. The lowest BCUT2D eigenvalue weighted by Gasteiger charge is -2.21. The molecule has 0 radical (unpaired) electrons. The largest absolute Gasteiger partial charge is 0.369 e. The minimum atomic E-state index is 0.207. The van der Waals surface area contributed by atoms with Crippen molar-refractivity contribution in [2.75, 3.05) is 11.9 Å². The number of rotatable bonds is 4. The average molecular weight is 414 g/mol. The zero-order valence-corrected chi connectivity index (χ0v) is 16.0. The highest BCUT2D eigenvalue weighted by molar-refractivity contribution is 9.10. The van der Waals surface area contributed by atoms with Gasteiger partial charge in [0.15, 0.2) is 0 Å². The minimum absolute atomic E-state index is 0.207. The smallest absolute Gasteiger partial charge is 0.234 e. The summed E-state index contributed by atoms with van der Waals surface area (Å²) < 4.78 is 0.810. The van der Waals surface area contributed by atoms with Crippen LogP contribution in [0, 0.1) is 28.6 Å². The zero-order valence-electron chi connectivity index (χ0n) is 14.4. The number of nitrogens with zero attached hydrogens (tertiary/aromatic N) is 6. The van der Waals surface area contributed by atoms with Crippen molar-refractivity contribution in [2.45, 2.75) is 38.5 Å². The molecule has 134 valence electrons. The summed E-state index contributed by atoms with van der Waals surface area (Å²) in [5.74, 6) is 1.99. The van der Waals surface area contributed by atoms with Crippen LogP contribution in [0.25, 0.3) is 0 Å². The third-order valence-corrected chi connectivity index (χ3v) is 4.66. The van der Waals surface area contributed by atoms with Crippen LogP contribution in [-0.2, 0) is 0 Å². The Balaban J connectivity index is 0.000000254. The van der Waals surface area contributed by atoms with Crippen LogP contribution in [0.4, 0.5) is 5.82 Å². The van der Waals surface area contributed by atoms with Gasteiger partial charge in [-0.25, -0.2) is 19.9 Å². The minimum Gasteiger partial charge on any atom is -0.369 e. The van der Waals surface area contributed by atoms with E-state index in [-0.39, 0.29) is 11.6 Å². The van der Waals surface area contributed by atoms with Gasteiger partial charge in [-0.2, -0.15) is 10.5 Å². The monoisotopic (exact) mass is 413 g/mol. The summed E-state index contributed by atoms with van der Waals surface area (Å²) >= 11 is 3.39. The van der Waals surface area contributed by atoms with Gasteiger partial charge in [-0.1, -0.05) is 32.1 Å². The highest BCUT2D eigenvalue weighted by Gasteiger charge is 2.13. The van der Waals surface area contributed by atoms with Crippen LogP contribution in [0.5, 0.6) is 0 Å². The fraction of sp³-hybridized carbons (Fsp3) is 0.444. The molecule has 1 saturated carbocycles. The molecule has 0 aromatic carbocycles. The normalized spacial score (nSPS) is 13.7. The van der Waals surface area contributed by atoms with Crippen LogP contribution in [0.15, 0.2) is 29.1 Å². The predicted molar refractivity (Wildman–Crippen MR) is 101 cm³/mol. The lowest BCUT2D eigenvalue weighted by molar-refractivity contribution is 0.345. The summed E-state index contributed by atoms with van der Waals surface area (Å²) in [5.41, 5.74) is 0. The van der Waals surface area contributed by atoms with Gasteiger partial charge in [0.05, 0.1) is 4.47 Å². The molecule has 0 spiro atoms. The van der Waals surface area contributed by atoms with Crippen LogP contribution in [0.3, 0.4) is 0 Å². The zero-order chi connectivity index (χ0) is 18.6. The number of hydrogen-bond acceptors (Lipinski definition) is 7. The molecule has 7 nitrogen and oxygen atoms in total. The second-order valence-corrected chi connectivity index (χ2v) is 6.76. The Hall–Kier alpha value is -2.58. The molecular formula is C18H20BrN7. The molecule has 0 atom stereocenters. The number of anilines is 1. The molecule has 2 aromatic heterocycles. The van der Waals surface area contributed by atoms with Gasteiger partial charge in [0, 0.05) is 25.1 Å². The average Bonchev–Trinajstić information content (AvgIpc) is 2.71. The van der Waals surface area contributed by atoms with Gasteiger partial charge in [0.2, 0.25) is 11.6 Å². The van der Waals surface area contributed by atoms with Crippen molar-refractivity contribution in [2.24, 2.45) is 5.92 Å². The molecule has 0 bridgehead atoms. The van der Waals surface area contributed by atoms with E-state index in [4.69, 9.17) is 10.5 Å². The molecule has 0 aliphatic heterocycles. The van der Waals surface area contributed by atoms with Crippen molar-refractivity contribution < 1.29 is 0 Å². The van der Waals surface area contributed by atoms with Crippen molar-refractivity contribution in [3.8, 4) is 12.1 Å². The van der Waals surface area contributed by atoms with Gasteiger partial charge >= 0.3 is 0 Å². The third kappa shape index (κ3) is 6.73. The summed E-state index contributed by atoms with van der Waals surface area (Å²) in [4.78, 5) is 15.3. The number of nitriles is 2. The van der Waals surface area contributed by atoms with Crippen LogP contribution in [0.1, 0.15) is 50.2 Å². The Bertz CT molecular complexity index is 761. The van der Waals surface area contributed by atoms with E-state index in [0.717, 1.165) is 22.8 Å². The van der Waals surface area contributed by atoms with Crippen molar-refractivity contribution in [1.82, 2.24) is 19.9 Å². The van der Waals surface area contributed by atoms with Crippen LogP contribution >= 0.6 is 15.9 Å². The summed E-state index contributed by atoms with van der Waals surface area (Å²) in [6, 6.07) is 5.42. The molecule has 3 rings (SSSR count). The lowest BCUT2D eigenvalue weighted by Crippen LogP contribution is -2.13. The summed E-state index contributed by atoms with van der Waals surface area (Å²) in [6.45, 7) is 0.908. The Morgan fingerprint density at radius 3 is 2.35 bits per heavy atom. The molecule has 1 aliphatic carbocycles. The van der Waals surface area contributed by atoms with Gasteiger partial charge in [-0.05, 0) is 34.3 Å². The molecule has 0 saturated heterocycles. The van der Waals surface area contributed by atoms with E-state index in [9.17, 15) is 0 Å². The van der Waals surface area contributed by atoms with Crippen molar-refractivity contribution >= 4 is 21.7 Å². The lowest BCUT2D eigenvalue weighted by atomic mass is 9.87. The fourth-order valence-electron chi connectivity index (χ4n) is 2.77. The number of hydrogen-bond donors (Lipinski definition) is 1. The molecular weight excluding hydrogens is 394 g/mol. The van der Waals surface area contributed by atoms with Crippen molar-refractivity contribution in [3.63, 3.8) is 0 Å². The van der Waals surface area contributed by atoms with Gasteiger partial charge in [0.1, 0.15) is 18.0 Å². The molecule has 1 fully saturated rings. The predicted octanol–water partition coefficient (Wildman–Crippen LogP) is 3.84. The van der Waals surface area contributed by atoms with Crippen LogP contribution in [0.2, 0.25) is 0 Å². The first-order valence-electron chi connectivity index (χ1n) is 8.56. The van der Waals surface area contributed by atoms with Gasteiger partial charge in [-0.3, -0.25) is 0 Å².